The summed E-state index contributed by atoms with van der Waals surface area (Å²) >= 11 is 0. The highest BCUT2D eigenvalue weighted by molar-refractivity contribution is 5.95. The van der Waals surface area contributed by atoms with Crippen LogP contribution in [0.15, 0.2) is 60.7 Å². The third-order valence-corrected chi connectivity index (χ3v) is 3.39. The number of anilines is 1. The van der Waals surface area contributed by atoms with E-state index in [0.717, 1.165) is 11.1 Å². The van der Waals surface area contributed by atoms with Crippen molar-refractivity contribution in [3.63, 3.8) is 0 Å². The Hall–Kier alpha value is -2.75. The third-order valence-electron chi connectivity index (χ3n) is 3.39. The molecule has 0 aliphatic heterocycles. The molecule has 0 spiro atoms. The van der Waals surface area contributed by atoms with E-state index in [0.29, 0.717) is 23.8 Å². The summed E-state index contributed by atoms with van der Waals surface area (Å²) in [7, 11) is 0. The maximum Gasteiger partial charge on any atom is 0.265 e. The van der Waals surface area contributed by atoms with E-state index in [1.54, 1.807) is 13.0 Å². The largest absolute Gasteiger partial charge is 0.487 e. The summed E-state index contributed by atoms with van der Waals surface area (Å²) in [5.74, 6) is 1.08. The van der Waals surface area contributed by atoms with Crippen LogP contribution < -0.4 is 14.8 Å². The Balaban J connectivity index is 2.04. The summed E-state index contributed by atoms with van der Waals surface area (Å²) in [6, 6.07) is 14.9. The molecule has 2 rings (SSSR count). The lowest BCUT2D eigenvalue weighted by Crippen LogP contribution is -2.30. The molecule has 0 saturated carbocycles. The molecular weight excluding hydrogens is 302 g/mol. The predicted molar refractivity (Wildman–Crippen MR) is 96.6 cm³/mol. The quantitative estimate of drug-likeness (QED) is 0.770. The summed E-state index contributed by atoms with van der Waals surface area (Å²) in [6.45, 7) is 9.77. The first-order chi connectivity index (χ1) is 11.5. The monoisotopic (exact) mass is 325 g/mol. The van der Waals surface area contributed by atoms with Gasteiger partial charge in [-0.15, -0.1) is 0 Å². The molecular formula is C20H23NO3. The fourth-order valence-corrected chi connectivity index (χ4v) is 2.06. The number of hydrogen-bond donors (Lipinski definition) is 1. The molecule has 0 fully saturated rings. The van der Waals surface area contributed by atoms with Crippen LogP contribution in [0.4, 0.5) is 5.69 Å². The topological polar surface area (TPSA) is 47.6 Å². The average Bonchev–Trinajstić information content (AvgIpc) is 2.56. The van der Waals surface area contributed by atoms with Crippen molar-refractivity contribution in [2.24, 2.45) is 0 Å². The van der Waals surface area contributed by atoms with Crippen LogP contribution >= 0.6 is 0 Å². The van der Waals surface area contributed by atoms with Crippen LogP contribution in [0.1, 0.15) is 19.4 Å². The Morgan fingerprint density at radius 1 is 1.12 bits per heavy atom. The SMILES string of the molecule is C=C(C)COc1ccccc1NC(=O)C(C)Oc1ccccc1C. The molecule has 0 heterocycles. The van der Waals surface area contributed by atoms with E-state index in [4.69, 9.17) is 9.47 Å². The number of nitrogens with one attached hydrogen (secondary N) is 1. The second-order valence-corrected chi connectivity index (χ2v) is 5.76. The zero-order valence-corrected chi connectivity index (χ0v) is 14.3. The summed E-state index contributed by atoms with van der Waals surface area (Å²) in [6.07, 6.45) is -0.625. The number of ether oxygens (including phenoxy) is 2. The molecule has 1 N–H and O–H groups in total. The van der Waals surface area contributed by atoms with Crippen molar-refractivity contribution in [1.29, 1.82) is 0 Å². The van der Waals surface area contributed by atoms with E-state index in [2.05, 4.69) is 11.9 Å². The van der Waals surface area contributed by atoms with Crippen LogP contribution in [-0.4, -0.2) is 18.6 Å². The van der Waals surface area contributed by atoms with Crippen LogP contribution in [0.3, 0.4) is 0 Å². The number of aryl methyl sites for hydroxylation is 1. The first kappa shape index (κ1) is 17.6. The van der Waals surface area contributed by atoms with Crippen LogP contribution in [0, 0.1) is 6.92 Å². The third kappa shape index (κ3) is 4.88. The van der Waals surface area contributed by atoms with Crippen molar-refractivity contribution in [3.05, 3.63) is 66.2 Å². The predicted octanol–water partition coefficient (Wildman–Crippen LogP) is 4.36. The van der Waals surface area contributed by atoms with Crippen LogP contribution in [0.5, 0.6) is 11.5 Å². The van der Waals surface area contributed by atoms with E-state index < -0.39 is 6.10 Å². The molecule has 0 radical (unpaired) electrons. The second-order valence-electron chi connectivity index (χ2n) is 5.76. The van der Waals surface area contributed by atoms with Crippen LogP contribution in [0.2, 0.25) is 0 Å². The lowest BCUT2D eigenvalue weighted by atomic mass is 10.2. The number of benzene rings is 2. The Kier molecular flexibility index (Phi) is 6.01. The van der Waals surface area contributed by atoms with Crippen molar-refractivity contribution >= 4 is 11.6 Å². The number of rotatable bonds is 7. The standard InChI is InChI=1S/C20H23NO3/c1-14(2)13-23-19-12-8-6-10-17(19)21-20(22)16(4)24-18-11-7-5-9-15(18)3/h5-12,16H,1,13H2,2-4H3,(H,21,22). The molecule has 0 aliphatic carbocycles. The molecule has 0 bridgehead atoms. The van der Waals surface area contributed by atoms with Gasteiger partial charge in [-0.1, -0.05) is 36.9 Å². The molecule has 0 aliphatic rings. The zero-order chi connectivity index (χ0) is 17.5. The summed E-state index contributed by atoms with van der Waals surface area (Å²) in [5, 5.41) is 2.86. The van der Waals surface area contributed by atoms with Crippen molar-refractivity contribution in [3.8, 4) is 11.5 Å². The fraction of sp³-hybridized carbons (Fsp3) is 0.250. The molecule has 1 atom stereocenters. The fourth-order valence-electron chi connectivity index (χ4n) is 2.06. The average molecular weight is 325 g/mol. The summed E-state index contributed by atoms with van der Waals surface area (Å²) in [4.78, 5) is 12.4. The van der Waals surface area contributed by atoms with Crippen molar-refractivity contribution < 1.29 is 14.3 Å². The van der Waals surface area contributed by atoms with E-state index >= 15 is 0 Å². The molecule has 24 heavy (non-hydrogen) atoms. The van der Waals surface area contributed by atoms with Gasteiger partial charge in [0.1, 0.15) is 18.1 Å². The van der Waals surface area contributed by atoms with Crippen molar-refractivity contribution in [1.82, 2.24) is 0 Å². The van der Waals surface area contributed by atoms with Gasteiger partial charge in [0.25, 0.3) is 5.91 Å². The van der Waals surface area contributed by atoms with Crippen molar-refractivity contribution in [2.45, 2.75) is 26.9 Å². The van der Waals surface area contributed by atoms with Gasteiger partial charge in [-0.3, -0.25) is 4.79 Å². The Morgan fingerprint density at radius 3 is 2.42 bits per heavy atom. The molecule has 1 unspecified atom stereocenters. The maximum atomic E-state index is 12.4. The number of carbonyl (C=O) groups excluding carboxylic acids is 1. The van der Waals surface area contributed by atoms with E-state index in [1.165, 1.54) is 0 Å². The molecule has 4 heteroatoms. The number of amides is 1. The number of hydrogen-bond acceptors (Lipinski definition) is 3. The second kappa shape index (κ2) is 8.20. The number of carbonyl (C=O) groups is 1. The van der Waals surface area contributed by atoms with Gasteiger partial charge in [0, 0.05) is 0 Å². The van der Waals surface area contributed by atoms with Crippen LogP contribution in [0.25, 0.3) is 0 Å². The van der Waals surface area contributed by atoms with E-state index in [-0.39, 0.29) is 5.91 Å². The zero-order valence-electron chi connectivity index (χ0n) is 14.3. The molecule has 0 saturated heterocycles. The smallest absolute Gasteiger partial charge is 0.265 e. The minimum Gasteiger partial charge on any atom is -0.487 e. The Bertz CT molecular complexity index is 724. The highest BCUT2D eigenvalue weighted by atomic mass is 16.5. The maximum absolute atomic E-state index is 12.4. The Morgan fingerprint density at radius 2 is 1.75 bits per heavy atom. The van der Waals surface area contributed by atoms with Gasteiger partial charge in [0.05, 0.1) is 5.69 Å². The first-order valence-corrected chi connectivity index (χ1v) is 7.86. The molecule has 2 aromatic rings. The van der Waals surface area contributed by atoms with Gasteiger partial charge in [-0.05, 0) is 50.1 Å². The van der Waals surface area contributed by atoms with Gasteiger partial charge < -0.3 is 14.8 Å². The molecule has 2 aromatic carbocycles. The van der Waals surface area contributed by atoms with Crippen LogP contribution in [-0.2, 0) is 4.79 Å². The van der Waals surface area contributed by atoms with Gasteiger partial charge in [-0.25, -0.2) is 0 Å². The van der Waals surface area contributed by atoms with E-state index in [1.807, 2.05) is 56.3 Å². The first-order valence-electron chi connectivity index (χ1n) is 7.86. The Labute approximate surface area is 143 Å². The van der Waals surface area contributed by atoms with Crippen molar-refractivity contribution in [2.75, 3.05) is 11.9 Å². The molecule has 4 nitrogen and oxygen atoms in total. The highest BCUT2D eigenvalue weighted by Gasteiger charge is 2.17. The van der Waals surface area contributed by atoms with Gasteiger partial charge in [0.15, 0.2) is 6.10 Å². The molecule has 1 amide bonds. The van der Waals surface area contributed by atoms with Gasteiger partial charge in [-0.2, -0.15) is 0 Å². The molecule has 0 aromatic heterocycles. The molecule has 126 valence electrons. The number of para-hydroxylation sites is 3. The van der Waals surface area contributed by atoms with Gasteiger partial charge in [0.2, 0.25) is 0 Å². The van der Waals surface area contributed by atoms with E-state index in [9.17, 15) is 4.79 Å². The highest BCUT2D eigenvalue weighted by Crippen LogP contribution is 2.25. The van der Waals surface area contributed by atoms with Gasteiger partial charge >= 0.3 is 0 Å². The normalized spacial score (nSPS) is 11.5. The summed E-state index contributed by atoms with van der Waals surface area (Å²) in [5.41, 5.74) is 2.51. The minimum atomic E-state index is -0.625. The lowest BCUT2D eigenvalue weighted by molar-refractivity contribution is -0.122. The lowest BCUT2D eigenvalue weighted by Gasteiger charge is -2.17. The summed E-state index contributed by atoms with van der Waals surface area (Å²) < 4.78 is 11.4. The minimum absolute atomic E-state index is 0.232.